The van der Waals surface area contributed by atoms with E-state index in [-0.39, 0.29) is 6.04 Å². The van der Waals surface area contributed by atoms with Gasteiger partial charge in [-0.15, -0.1) is 0 Å². The van der Waals surface area contributed by atoms with Crippen LogP contribution in [0, 0.1) is 0 Å². The van der Waals surface area contributed by atoms with Crippen molar-refractivity contribution in [1.29, 1.82) is 0 Å². The summed E-state index contributed by atoms with van der Waals surface area (Å²) < 4.78 is 0. The summed E-state index contributed by atoms with van der Waals surface area (Å²) in [6.07, 6.45) is 2.81. The van der Waals surface area contributed by atoms with Crippen molar-refractivity contribution in [3.63, 3.8) is 0 Å². The molecule has 17 heavy (non-hydrogen) atoms. The molecule has 2 atom stereocenters. The Hall–Kier alpha value is -1.67. The second kappa shape index (κ2) is 5.60. The third-order valence-corrected chi connectivity index (χ3v) is 3.13. The van der Waals surface area contributed by atoms with Gasteiger partial charge in [-0.3, -0.25) is 4.98 Å². The van der Waals surface area contributed by atoms with E-state index in [1.54, 1.807) is 6.20 Å². The Bertz CT molecular complexity index is 439. The number of hydrogen-bond acceptors (Lipinski definition) is 2. The number of nitrogens with zero attached hydrogens (tertiary/aromatic N) is 1. The minimum absolute atomic E-state index is 0.0383. The van der Waals surface area contributed by atoms with Gasteiger partial charge in [0.2, 0.25) is 0 Å². The highest BCUT2D eigenvalue weighted by Crippen LogP contribution is 2.30. The average Bonchev–Trinajstić information content (AvgIpc) is 2.42. The third kappa shape index (κ3) is 2.71. The van der Waals surface area contributed by atoms with Crippen molar-refractivity contribution in [1.82, 2.24) is 4.98 Å². The minimum atomic E-state index is -0.0383. The van der Waals surface area contributed by atoms with E-state index in [1.165, 1.54) is 5.56 Å². The van der Waals surface area contributed by atoms with E-state index in [1.807, 2.05) is 24.3 Å². The van der Waals surface area contributed by atoms with Crippen LogP contribution in [0.25, 0.3) is 0 Å². The van der Waals surface area contributed by atoms with Gasteiger partial charge in [0.25, 0.3) is 0 Å². The predicted octanol–water partition coefficient (Wildman–Crippen LogP) is 3.28. The Morgan fingerprint density at radius 3 is 2.35 bits per heavy atom. The van der Waals surface area contributed by atoms with Crippen LogP contribution < -0.4 is 5.73 Å². The minimum Gasteiger partial charge on any atom is -0.322 e. The summed E-state index contributed by atoms with van der Waals surface area (Å²) in [6.45, 7) is 2.17. The van der Waals surface area contributed by atoms with Gasteiger partial charge in [-0.1, -0.05) is 43.3 Å². The van der Waals surface area contributed by atoms with Gasteiger partial charge in [0.05, 0.1) is 11.7 Å². The molecule has 0 unspecified atom stereocenters. The molecule has 88 valence electrons. The Morgan fingerprint density at radius 2 is 1.76 bits per heavy atom. The molecule has 0 saturated heterocycles. The maximum atomic E-state index is 6.32. The number of benzene rings is 1. The topological polar surface area (TPSA) is 38.9 Å². The van der Waals surface area contributed by atoms with Crippen molar-refractivity contribution in [2.24, 2.45) is 5.73 Å². The fourth-order valence-electron chi connectivity index (χ4n) is 2.18. The highest BCUT2D eigenvalue weighted by atomic mass is 14.8. The standard InChI is InChI=1S/C15H18N2/c1-2-13(12-8-4-3-5-9-12)15(16)14-10-6-7-11-17-14/h3-11,13,15H,2,16H2,1H3/t13-,15-/m0/s1. The number of rotatable bonds is 4. The second-order valence-corrected chi connectivity index (χ2v) is 4.21. The Labute approximate surface area is 103 Å². The Morgan fingerprint density at radius 1 is 1.06 bits per heavy atom. The van der Waals surface area contributed by atoms with Crippen molar-refractivity contribution in [3.8, 4) is 0 Å². The number of pyridine rings is 1. The van der Waals surface area contributed by atoms with Crippen LogP contribution in [-0.2, 0) is 0 Å². The molecule has 0 amide bonds. The van der Waals surface area contributed by atoms with E-state index in [0.29, 0.717) is 5.92 Å². The normalized spacial score (nSPS) is 14.2. The summed E-state index contributed by atoms with van der Waals surface area (Å²) in [7, 11) is 0. The maximum Gasteiger partial charge on any atom is 0.0577 e. The van der Waals surface area contributed by atoms with Crippen LogP contribution in [0.5, 0.6) is 0 Å². The summed E-state index contributed by atoms with van der Waals surface area (Å²) in [5.74, 6) is 0.325. The molecule has 2 rings (SSSR count). The lowest BCUT2D eigenvalue weighted by Gasteiger charge is -2.22. The maximum absolute atomic E-state index is 6.32. The lowest BCUT2D eigenvalue weighted by Crippen LogP contribution is -2.20. The molecule has 0 spiro atoms. The molecule has 1 aromatic heterocycles. The Kier molecular flexibility index (Phi) is 3.89. The van der Waals surface area contributed by atoms with Crippen LogP contribution in [0.4, 0.5) is 0 Å². The van der Waals surface area contributed by atoms with Crippen molar-refractivity contribution in [3.05, 3.63) is 66.0 Å². The van der Waals surface area contributed by atoms with E-state index in [0.717, 1.165) is 12.1 Å². The number of aromatic nitrogens is 1. The summed E-state index contributed by atoms with van der Waals surface area (Å²) in [6, 6.07) is 16.3. The summed E-state index contributed by atoms with van der Waals surface area (Å²) >= 11 is 0. The molecule has 0 aliphatic carbocycles. The molecule has 1 heterocycles. The van der Waals surface area contributed by atoms with Gasteiger partial charge in [-0.05, 0) is 24.1 Å². The third-order valence-electron chi connectivity index (χ3n) is 3.13. The van der Waals surface area contributed by atoms with Gasteiger partial charge >= 0.3 is 0 Å². The molecule has 2 N–H and O–H groups in total. The lowest BCUT2D eigenvalue weighted by molar-refractivity contribution is 0.528. The van der Waals surface area contributed by atoms with E-state index in [4.69, 9.17) is 5.73 Å². The molecule has 0 radical (unpaired) electrons. The molecule has 0 fully saturated rings. The molecule has 2 heteroatoms. The highest BCUT2D eigenvalue weighted by Gasteiger charge is 2.20. The van der Waals surface area contributed by atoms with Crippen molar-refractivity contribution in [2.75, 3.05) is 0 Å². The quantitative estimate of drug-likeness (QED) is 0.869. The van der Waals surface area contributed by atoms with Crippen LogP contribution in [0.2, 0.25) is 0 Å². The first-order valence-corrected chi connectivity index (χ1v) is 6.04. The summed E-state index contributed by atoms with van der Waals surface area (Å²) in [5, 5.41) is 0. The number of nitrogens with two attached hydrogens (primary N) is 1. The van der Waals surface area contributed by atoms with Crippen LogP contribution in [-0.4, -0.2) is 4.98 Å². The zero-order valence-corrected chi connectivity index (χ0v) is 10.1. The molecule has 0 aliphatic heterocycles. The lowest BCUT2D eigenvalue weighted by atomic mass is 9.88. The monoisotopic (exact) mass is 226 g/mol. The molecule has 0 saturated carbocycles. The molecular formula is C15H18N2. The van der Waals surface area contributed by atoms with Gasteiger partial charge in [0.1, 0.15) is 0 Å². The smallest absolute Gasteiger partial charge is 0.0577 e. The SMILES string of the molecule is CC[C@@H](c1ccccc1)[C@H](N)c1ccccn1. The molecule has 2 nitrogen and oxygen atoms in total. The first-order valence-electron chi connectivity index (χ1n) is 6.04. The zero-order chi connectivity index (χ0) is 12.1. The largest absolute Gasteiger partial charge is 0.322 e. The molecule has 2 aromatic rings. The van der Waals surface area contributed by atoms with Crippen molar-refractivity contribution >= 4 is 0 Å². The summed E-state index contributed by atoms with van der Waals surface area (Å²) in [4.78, 5) is 4.35. The van der Waals surface area contributed by atoms with E-state index >= 15 is 0 Å². The predicted molar refractivity (Wildman–Crippen MR) is 70.6 cm³/mol. The van der Waals surface area contributed by atoms with Gasteiger partial charge < -0.3 is 5.73 Å². The summed E-state index contributed by atoms with van der Waals surface area (Å²) in [5.41, 5.74) is 8.57. The van der Waals surface area contributed by atoms with Crippen LogP contribution >= 0.6 is 0 Å². The van der Waals surface area contributed by atoms with Gasteiger partial charge in [-0.2, -0.15) is 0 Å². The van der Waals surface area contributed by atoms with E-state index in [9.17, 15) is 0 Å². The van der Waals surface area contributed by atoms with E-state index in [2.05, 4.69) is 36.2 Å². The number of hydrogen-bond donors (Lipinski definition) is 1. The van der Waals surface area contributed by atoms with Crippen molar-refractivity contribution in [2.45, 2.75) is 25.3 Å². The Balaban J connectivity index is 2.25. The molecule has 0 bridgehead atoms. The average molecular weight is 226 g/mol. The van der Waals surface area contributed by atoms with E-state index < -0.39 is 0 Å². The van der Waals surface area contributed by atoms with Crippen LogP contribution in [0.15, 0.2) is 54.7 Å². The molecule has 0 aliphatic rings. The zero-order valence-electron chi connectivity index (χ0n) is 10.1. The fraction of sp³-hybridized carbons (Fsp3) is 0.267. The van der Waals surface area contributed by atoms with Gasteiger partial charge in [-0.25, -0.2) is 0 Å². The van der Waals surface area contributed by atoms with Crippen LogP contribution in [0.3, 0.4) is 0 Å². The van der Waals surface area contributed by atoms with Crippen molar-refractivity contribution < 1.29 is 0 Å². The van der Waals surface area contributed by atoms with Gasteiger partial charge in [0.15, 0.2) is 0 Å². The van der Waals surface area contributed by atoms with Crippen LogP contribution in [0.1, 0.15) is 36.6 Å². The first-order chi connectivity index (χ1) is 8.33. The highest BCUT2D eigenvalue weighted by molar-refractivity contribution is 5.24. The second-order valence-electron chi connectivity index (χ2n) is 4.21. The van der Waals surface area contributed by atoms with Gasteiger partial charge in [0, 0.05) is 12.1 Å². The fourth-order valence-corrected chi connectivity index (χ4v) is 2.18. The molecular weight excluding hydrogens is 208 g/mol. The molecule has 1 aromatic carbocycles. The first kappa shape index (κ1) is 11.8.